The van der Waals surface area contributed by atoms with Crippen LogP contribution < -0.4 is 10.9 Å². The second-order valence-corrected chi connectivity index (χ2v) is 6.63. The van der Waals surface area contributed by atoms with E-state index in [1.165, 1.54) is 12.1 Å². The maximum absolute atomic E-state index is 10.7. The second kappa shape index (κ2) is 10.9. The van der Waals surface area contributed by atoms with Crippen LogP contribution in [0.25, 0.3) is 0 Å². The van der Waals surface area contributed by atoms with Crippen molar-refractivity contribution < 1.29 is 18.3 Å². The highest BCUT2D eigenvalue weighted by molar-refractivity contribution is 7.98. The zero-order valence-corrected chi connectivity index (χ0v) is 14.3. The number of hydrogen-bond donors (Lipinski definition) is 3. The molecule has 1 rings (SSSR count). The molecule has 9 heteroatoms. The van der Waals surface area contributed by atoms with E-state index in [-0.39, 0.29) is 17.3 Å². The van der Waals surface area contributed by atoms with Crippen LogP contribution in [-0.2, 0) is 14.8 Å². The molecule has 0 amide bonds. The minimum Gasteiger partial charge on any atom is -0.480 e. The second-order valence-electron chi connectivity index (χ2n) is 4.08. The topological polar surface area (TPSA) is 123 Å². The standard InChI is InChI=1S/C7H9NO2S.C5H11NO2S.ClH/c1-6-2-4-7(5-3-6)11(8,9)10;1-9-3-2-4(6)5(7)8;/h2-5H,1H3,(H2,8,9,10);4H,2-3,6H2,1H3,(H,7,8);1H/t;4-;/m.0./s1. The number of carboxylic acids is 1. The Labute approximate surface area is 135 Å². The van der Waals surface area contributed by atoms with E-state index in [9.17, 15) is 13.2 Å². The number of halogens is 1. The predicted octanol–water partition coefficient (Wildman–Crippen LogP) is 1.22. The van der Waals surface area contributed by atoms with Crippen molar-refractivity contribution in [3.05, 3.63) is 29.8 Å². The summed E-state index contributed by atoms with van der Waals surface area (Å²) in [5.74, 6) is -0.1000. The number of hydrogen-bond acceptors (Lipinski definition) is 5. The van der Waals surface area contributed by atoms with Gasteiger partial charge in [-0.1, -0.05) is 17.7 Å². The van der Waals surface area contributed by atoms with Gasteiger partial charge < -0.3 is 10.8 Å². The van der Waals surface area contributed by atoms with Gasteiger partial charge in [-0.3, -0.25) is 4.79 Å². The lowest BCUT2D eigenvalue weighted by atomic mass is 10.2. The van der Waals surface area contributed by atoms with Gasteiger partial charge in [0.15, 0.2) is 0 Å². The van der Waals surface area contributed by atoms with Crippen molar-refractivity contribution in [3.8, 4) is 0 Å². The Morgan fingerprint density at radius 2 is 1.81 bits per heavy atom. The summed E-state index contributed by atoms with van der Waals surface area (Å²) < 4.78 is 21.4. The highest BCUT2D eigenvalue weighted by atomic mass is 35.5. The van der Waals surface area contributed by atoms with E-state index in [0.717, 1.165) is 11.3 Å². The van der Waals surface area contributed by atoms with Crippen LogP contribution in [0.15, 0.2) is 29.2 Å². The van der Waals surface area contributed by atoms with Crippen molar-refractivity contribution in [1.82, 2.24) is 0 Å². The van der Waals surface area contributed by atoms with Crippen LogP contribution in [0.3, 0.4) is 0 Å². The van der Waals surface area contributed by atoms with E-state index in [0.29, 0.717) is 6.42 Å². The smallest absolute Gasteiger partial charge is 0.320 e. The summed E-state index contributed by atoms with van der Waals surface area (Å²) in [4.78, 5) is 10.2. The lowest BCUT2D eigenvalue weighted by Crippen LogP contribution is -2.30. The molecule has 0 spiro atoms. The number of aliphatic carboxylic acids is 1. The number of sulfonamides is 1. The first kappa shape index (κ1) is 22.5. The molecule has 21 heavy (non-hydrogen) atoms. The summed E-state index contributed by atoms with van der Waals surface area (Å²) in [5, 5.41) is 13.2. The molecular formula is C12H21ClN2O4S2. The molecule has 5 N–H and O–H groups in total. The maximum atomic E-state index is 10.7. The molecule has 0 unspecified atom stereocenters. The number of carboxylic acid groups (broad SMARTS) is 1. The zero-order chi connectivity index (χ0) is 15.8. The molecule has 122 valence electrons. The molecule has 6 nitrogen and oxygen atoms in total. The van der Waals surface area contributed by atoms with Crippen LogP contribution in [-0.4, -0.2) is 37.5 Å². The van der Waals surface area contributed by atoms with Gasteiger partial charge in [0.1, 0.15) is 6.04 Å². The molecule has 0 aliphatic rings. The normalized spacial score (nSPS) is 11.6. The number of rotatable bonds is 5. The molecule has 0 saturated heterocycles. The Morgan fingerprint density at radius 3 is 2.14 bits per heavy atom. The molecule has 0 aliphatic carbocycles. The van der Waals surface area contributed by atoms with Crippen molar-refractivity contribution in [1.29, 1.82) is 0 Å². The van der Waals surface area contributed by atoms with Gasteiger partial charge in [0.25, 0.3) is 0 Å². The number of nitrogens with two attached hydrogens (primary N) is 2. The van der Waals surface area contributed by atoms with Crippen LogP contribution in [0.2, 0.25) is 0 Å². The molecule has 0 bridgehead atoms. The first-order valence-electron chi connectivity index (χ1n) is 5.75. The zero-order valence-electron chi connectivity index (χ0n) is 11.9. The van der Waals surface area contributed by atoms with Gasteiger partial charge >= 0.3 is 5.97 Å². The quantitative estimate of drug-likeness (QED) is 0.728. The summed E-state index contributed by atoms with van der Waals surface area (Å²) in [6, 6.07) is 5.71. The summed E-state index contributed by atoms with van der Waals surface area (Å²) >= 11 is 1.60. The summed E-state index contributed by atoms with van der Waals surface area (Å²) in [6.07, 6.45) is 2.48. The number of carbonyl (C=O) groups is 1. The third-order valence-electron chi connectivity index (χ3n) is 2.30. The molecular weight excluding hydrogens is 336 g/mol. The van der Waals surface area contributed by atoms with E-state index in [1.54, 1.807) is 23.9 Å². The fourth-order valence-electron chi connectivity index (χ4n) is 1.10. The van der Waals surface area contributed by atoms with Crippen molar-refractivity contribution in [2.45, 2.75) is 24.3 Å². The fraction of sp³-hybridized carbons (Fsp3) is 0.417. The lowest BCUT2D eigenvalue weighted by molar-refractivity contribution is -0.138. The first-order valence-corrected chi connectivity index (χ1v) is 8.69. The van der Waals surface area contributed by atoms with Crippen LogP contribution in [0.1, 0.15) is 12.0 Å². The highest BCUT2D eigenvalue weighted by Gasteiger charge is 2.09. The monoisotopic (exact) mass is 356 g/mol. The van der Waals surface area contributed by atoms with Gasteiger partial charge in [0, 0.05) is 0 Å². The number of primary sulfonamides is 1. The summed E-state index contributed by atoms with van der Waals surface area (Å²) in [7, 11) is -3.52. The maximum Gasteiger partial charge on any atom is 0.320 e. The van der Waals surface area contributed by atoms with Gasteiger partial charge in [-0.2, -0.15) is 11.8 Å². The van der Waals surface area contributed by atoms with Crippen molar-refractivity contribution in [2.24, 2.45) is 10.9 Å². The van der Waals surface area contributed by atoms with Gasteiger partial charge in [-0.05, 0) is 37.5 Å². The highest BCUT2D eigenvalue weighted by Crippen LogP contribution is 2.06. The molecule has 0 aromatic heterocycles. The molecule has 0 fully saturated rings. The molecule has 1 aromatic carbocycles. The molecule has 1 atom stereocenters. The van der Waals surface area contributed by atoms with E-state index in [4.69, 9.17) is 16.0 Å². The van der Waals surface area contributed by atoms with E-state index in [2.05, 4.69) is 0 Å². The Kier molecular flexibility index (Phi) is 11.6. The van der Waals surface area contributed by atoms with Gasteiger partial charge in [-0.15, -0.1) is 12.4 Å². The van der Waals surface area contributed by atoms with Crippen LogP contribution in [0, 0.1) is 6.92 Å². The molecule has 0 heterocycles. The fourth-order valence-corrected chi connectivity index (χ4v) is 2.10. The lowest BCUT2D eigenvalue weighted by Gasteiger charge is -2.02. The Hall–Kier alpha value is -0.800. The Bertz CT molecular complexity index is 521. The summed E-state index contributed by atoms with van der Waals surface area (Å²) in [5.41, 5.74) is 6.20. The van der Waals surface area contributed by atoms with Crippen molar-refractivity contribution >= 4 is 40.2 Å². The van der Waals surface area contributed by atoms with Crippen LogP contribution in [0.4, 0.5) is 0 Å². The van der Waals surface area contributed by atoms with Gasteiger partial charge in [-0.25, -0.2) is 13.6 Å². The number of aryl methyl sites for hydroxylation is 1. The van der Waals surface area contributed by atoms with Crippen molar-refractivity contribution in [3.63, 3.8) is 0 Å². The van der Waals surface area contributed by atoms with E-state index < -0.39 is 22.0 Å². The third-order valence-corrected chi connectivity index (χ3v) is 3.87. The molecule has 0 radical (unpaired) electrons. The molecule has 0 aliphatic heterocycles. The van der Waals surface area contributed by atoms with E-state index in [1.807, 2.05) is 13.2 Å². The minimum atomic E-state index is -3.52. The van der Waals surface area contributed by atoms with Crippen molar-refractivity contribution in [2.75, 3.05) is 12.0 Å². The average molecular weight is 357 g/mol. The van der Waals surface area contributed by atoms with Gasteiger partial charge in [0.2, 0.25) is 10.0 Å². The third kappa shape index (κ3) is 10.6. The average Bonchev–Trinajstić information content (AvgIpc) is 2.36. The van der Waals surface area contributed by atoms with Gasteiger partial charge in [0.05, 0.1) is 4.90 Å². The number of thioether (sulfide) groups is 1. The molecule has 1 aromatic rings. The van der Waals surface area contributed by atoms with Crippen LogP contribution in [0.5, 0.6) is 0 Å². The Morgan fingerprint density at radius 1 is 1.33 bits per heavy atom. The minimum absolute atomic E-state index is 0. The number of benzene rings is 1. The SMILES string of the molecule is CSCC[C@H](N)C(=O)O.Cc1ccc(S(N)(=O)=O)cc1.Cl. The largest absolute Gasteiger partial charge is 0.480 e. The van der Waals surface area contributed by atoms with E-state index >= 15 is 0 Å². The van der Waals surface area contributed by atoms with Crippen LogP contribution >= 0.6 is 24.2 Å². The Balaban J connectivity index is 0. The summed E-state index contributed by atoms with van der Waals surface area (Å²) in [6.45, 7) is 1.88. The molecule has 0 saturated carbocycles. The predicted molar refractivity (Wildman–Crippen MR) is 88.4 cm³/mol. The first-order chi connectivity index (χ1) is 9.18.